The quantitative estimate of drug-likeness (QED) is 0.794. The van der Waals surface area contributed by atoms with Crippen molar-refractivity contribution >= 4 is 5.78 Å². The minimum Gasteiger partial charge on any atom is -0.358 e. The Morgan fingerprint density at radius 1 is 1.32 bits per heavy atom. The third kappa shape index (κ3) is 3.32. The van der Waals surface area contributed by atoms with Gasteiger partial charge in [0, 0.05) is 12.2 Å². The first-order valence-corrected chi connectivity index (χ1v) is 8.12. The maximum atomic E-state index is 14.0. The molecule has 0 amide bonds. The molecule has 2 aromatic rings. The molecule has 1 aromatic carbocycles. The van der Waals surface area contributed by atoms with Gasteiger partial charge in [0.05, 0.1) is 12.7 Å². The fourth-order valence-corrected chi connectivity index (χ4v) is 2.98. The second-order valence-corrected chi connectivity index (χ2v) is 6.27. The third-order valence-corrected chi connectivity index (χ3v) is 4.36. The molecule has 1 unspecified atom stereocenters. The second kappa shape index (κ2) is 6.76. The Balaban J connectivity index is 2.02. The van der Waals surface area contributed by atoms with E-state index in [1.807, 2.05) is 13.0 Å². The van der Waals surface area contributed by atoms with Crippen molar-refractivity contribution in [3.8, 4) is 0 Å². The number of carbonyl (C=O) groups is 1. The highest BCUT2D eigenvalue weighted by Crippen LogP contribution is 2.20. The van der Waals surface area contributed by atoms with Gasteiger partial charge < -0.3 is 4.74 Å². The van der Waals surface area contributed by atoms with E-state index in [1.165, 1.54) is 0 Å². The predicted octanol–water partition coefficient (Wildman–Crippen LogP) is 1.96. The van der Waals surface area contributed by atoms with Crippen LogP contribution in [0.4, 0.5) is 4.39 Å². The van der Waals surface area contributed by atoms with Crippen molar-refractivity contribution in [2.24, 2.45) is 0 Å². The molecule has 0 saturated carbocycles. The van der Waals surface area contributed by atoms with Gasteiger partial charge >= 0.3 is 5.69 Å². The monoisotopic (exact) mass is 346 g/mol. The minimum absolute atomic E-state index is 0.412. The summed E-state index contributed by atoms with van der Waals surface area (Å²) in [5.41, 5.74) is 0.200. The van der Waals surface area contributed by atoms with E-state index in [1.54, 1.807) is 19.1 Å². The highest BCUT2D eigenvalue weighted by molar-refractivity contribution is 5.97. The van der Waals surface area contributed by atoms with Gasteiger partial charge in [0.25, 0.3) is 5.56 Å². The van der Waals surface area contributed by atoms with Crippen LogP contribution in [0.15, 0.2) is 34.0 Å². The van der Waals surface area contributed by atoms with E-state index < -0.39 is 35.6 Å². The molecule has 7 heteroatoms. The summed E-state index contributed by atoms with van der Waals surface area (Å²) in [5.74, 6) is -1.49. The van der Waals surface area contributed by atoms with Crippen LogP contribution >= 0.6 is 0 Å². The third-order valence-electron chi connectivity index (χ3n) is 4.36. The standard InChI is InChI=1S/C18H19FN2O4/c1-11-5-6-12(2)13(8-11)15(22)10-21-17(23)14(19)9-20(18(21)24)16-4-3-7-25-16/h5-6,8-9,16H,3-4,7,10H2,1-2H3. The summed E-state index contributed by atoms with van der Waals surface area (Å²) in [6, 6.07) is 5.35. The summed E-state index contributed by atoms with van der Waals surface area (Å²) in [5, 5.41) is 0. The second-order valence-electron chi connectivity index (χ2n) is 6.27. The van der Waals surface area contributed by atoms with Crippen LogP contribution in [0.3, 0.4) is 0 Å². The van der Waals surface area contributed by atoms with Gasteiger partial charge in [-0.2, -0.15) is 4.39 Å². The molecule has 0 aliphatic carbocycles. The van der Waals surface area contributed by atoms with Gasteiger partial charge in [0.15, 0.2) is 5.78 Å². The molecule has 0 radical (unpaired) electrons. The zero-order chi connectivity index (χ0) is 18.1. The first kappa shape index (κ1) is 17.3. The molecule has 1 atom stereocenters. The lowest BCUT2D eigenvalue weighted by molar-refractivity contribution is 0.0501. The van der Waals surface area contributed by atoms with Crippen LogP contribution in [0.2, 0.25) is 0 Å². The molecule has 132 valence electrons. The topological polar surface area (TPSA) is 70.3 Å². The summed E-state index contributed by atoms with van der Waals surface area (Å²) >= 11 is 0. The van der Waals surface area contributed by atoms with E-state index in [4.69, 9.17) is 4.74 Å². The highest BCUT2D eigenvalue weighted by Gasteiger charge is 2.23. The number of benzene rings is 1. The van der Waals surface area contributed by atoms with Crippen molar-refractivity contribution in [3.05, 3.63) is 67.7 Å². The van der Waals surface area contributed by atoms with Crippen LogP contribution < -0.4 is 11.2 Å². The van der Waals surface area contributed by atoms with Crippen molar-refractivity contribution in [2.45, 2.75) is 39.5 Å². The average Bonchev–Trinajstić information content (AvgIpc) is 3.11. The Kier molecular flexibility index (Phi) is 4.67. The number of nitrogens with zero attached hydrogens (tertiary/aromatic N) is 2. The maximum absolute atomic E-state index is 14.0. The maximum Gasteiger partial charge on any atom is 0.333 e. The number of hydrogen-bond acceptors (Lipinski definition) is 4. The number of carbonyl (C=O) groups excluding carboxylic acids is 1. The van der Waals surface area contributed by atoms with Crippen LogP contribution in [0, 0.1) is 19.7 Å². The van der Waals surface area contributed by atoms with E-state index in [2.05, 4.69) is 0 Å². The molecule has 1 aliphatic heterocycles. The zero-order valence-corrected chi connectivity index (χ0v) is 14.1. The van der Waals surface area contributed by atoms with Crippen LogP contribution in [0.25, 0.3) is 0 Å². The first-order chi connectivity index (χ1) is 11.9. The molecule has 0 spiro atoms. The molecule has 3 rings (SSSR count). The van der Waals surface area contributed by atoms with Crippen molar-refractivity contribution in [1.29, 1.82) is 0 Å². The van der Waals surface area contributed by atoms with Gasteiger partial charge in [-0.05, 0) is 38.3 Å². The van der Waals surface area contributed by atoms with Gasteiger partial charge in [0.1, 0.15) is 6.23 Å². The lowest BCUT2D eigenvalue weighted by atomic mass is 10.0. The van der Waals surface area contributed by atoms with E-state index >= 15 is 0 Å². The molecular formula is C18H19FN2O4. The summed E-state index contributed by atoms with van der Waals surface area (Å²) in [7, 11) is 0. The number of aromatic nitrogens is 2. The van der Waals surface area contributed by atoms with E-state index in [0.29, 0.717) is 23.2 Å². The SMILES string of the molecule is Cc1ccc(C)c(C(=O)Cn2c(=O)c(F)cn(C3CCCO3)c2=O)c1. The van der Waals surface area contributed by atoms with Gasteiger partial charge in [-0.1, -0.05) is 17.7 Å². The lowest BCUT2D eigenvalue weighted by Crippen LogP contribution is -2.43. The Bertz CT molecular complexity index is 939. The van der Waals surface area contributed by atoms with Gasteiger partial charge in [-0.25, -0.2) is 9.36 Å². The first-order valence-electron chi connectivity index (χ1n) is 8.12. The number of rotatable bonds is 4. The molecule has 1 aliphatic rings. The van der Waals surface area contributed by atoms with Gasteiger partial charge in [-0.3, -0.25) is 14.2 Å². The number of halogens is 1. The van der Waals surface area contributed by atoms with E-state index in [9.17, 15) is 18.8 Å². The molecular weight excluding hydrogens is 327 g/mol. The fraction of sp³-hybridized carbons (Fsp3) is 0.389. The molecule has 0 bridgehead atoms. The number of Topliss-reactive ketones (excluding diaryl/α,β-unsaturated/α-hetero) is 1. The Morgan fingerprint density at radius 3 is 2.76 bits per heavy atom. The molecule has 0 N–H and O–H groups in total. The Morgan fingerprint density at radius 2 is 2.08 bits per heavy atom. The fourth-order valence-electron chi connectivity index (χ4n) is 2.98. The number of hydrogen-bond donors (Lipinski definition) is 0. The molecule has 1 saturated heterocycles. The Labute approximate surface area is 143 Å². The zero-order valence-electron chi connectivity index (χ0n) is 14.1. The molecule has 1 fully saturated rings. The van der Waals surface area contributed by atoms with Gasteiger partial charge in [-0.15, -0.1) is 0 Å². The van der Waals surface area contributed by atoms with E-state index in [0.717, 1.165) is 28.3 Å². The van der Waals surface area contributed by atoms with Crippen molar-refractivity contribution in [3.63, 3.8) is 0 Å². The summed E-state index contributed by atoms with van der Waals surface area (Å²) in [4.78, 5) is 37.2. The molecule has 25 heavy (non-hydrogen) atoms. The van der Waals surface area contributed by atoms with E-state index in [-0.39, 0.29) is 0 Å². The number of ketones is 1. The largest absolute Gasteiger partial charge is 0.358 e. The van der Waals surface area contributed by atoms with Gasteiger partial charge in [0.2, 0.25) is 5.82 Å². The molecule has 6 nitrogen and oxygen atoms in total. The predicted molar refractivity (Wildman–Crippen MR) is 89.4 cm³/mol. The normalized spacial score (nSPS) is 17.0. The number of ether oxygens (including phenoxy) is 1. The summed E-state index contributed by atoms with van der Waals surface area (Å²) in [6.45, 7) is 3.58. The smallest absolute Gasteiger partial charge is 0.333 e. The average molecular weight is 346 g/mol. The van der Waals surface area contributed by atoms with Crippen molar-refractivity contribution < 1.29 is 13.9 Å². The minimum atomic E-state index is -1.10. The molecule has 2 heterocycles. The van der Waals surface area contributed by atoms with Crippen molar-refractivity contribution in [1.82, 2.24) is 9.13 Å². The van der Waals surface area contributed by atoms with Crippen LogP contribution in [-0.4, -0.2) is 21.5 Å². The Hall–Kier alpha value is -2.54. The van der Waals surface area contributed by atoms with Crippen molar-refractivity contribution in [2.75, 3.05) is 6.61 Å². The van der Waals surface area contributed by atoms with Crippen LogP contribution in [0.5, 0.6) is 0 Å². The summed E-state index contributed by atoms with van der Waals surface area (Å²) in [6.07, 6.45) is 1.56. The summed E-state index contributed by atoms with van der Waals surface area (Å²) < 4.78 is 21.1. The van der Waals surface area contributed by atoms with Crippen LogP contribution in [0.1, 0.15) is 40.6 Å². The lowest BCUT2D eigenvalue weighted by Gasteiger charge is -2.15. The number of aryl methyl sites for hydroxylation is 2. The van der Waals surface area contributed by atoms with Crippen LogP contribution in [-0.2, 0) is 11.3 Å². The highest BCUT2D eigenvalue weighted by atomic mass is 19.1. The molecule has 1 aromatic heterocycles.